The van der Waals surface area contributed by atoms with Gasteiger partial charge in [0.15, 0.2) is 0 Å². The molecule has 3 rings (SSSR count). The monoisotopic (exact) mass is 236 g/mol. The highest BCUT2D eigenvalue weighted by Gasteiger charge is 2.35. The standard InChI is InChI=1S/C11H16N4O2/c1-7-13-14-10(17-7)9-3-2-6-15(9)11(16)12-8-4-5-8/h8-9H,2-6H2,1H3,(H,12,16)/t9-/m1/s1. The van der Waals surface area contributed by atoms with Crippen LogP contribution in [0.1, 0.15) is 43.5 Å². The Morgan fingerprint density at radius 1 is 1.41 bits per heavy atom. The Morgan fingerprint density at radius 2 is 2.24 bits per heavy atom. The van der Waals surface area contributed by atoms with Crippen molar-refractivity contribution in [1.29, 1.82) is 0 Å². The first-order valence-electron chi connectivity index (χ1n) is 6.11. The lowest BCUT2D eigenvalue weighted by molar-refractivity contribution is 0.183. The molecule has 0 radical (unpaired) electrons. The van der Waals surface area contributed by atoms with Gasteiger partial charge >= 0.3 is 6.03 Å². The first-order chi connectivity index (χ1) is 8.24. The molecule has 92 valence electrons. The molecular weight excluding hydrogens is 220 g/mol. The predicted octanol–water partition coefficient (Wildman–Crippen LogP) is 1.39. The topological polar surface area (TPSA) is 71.3 Å². The molecule has 2 amide bonds. The van der Waals surface area contributed by atoms with Crippen molar-refractivity contribution in [2.75, 3.05) is 6.54 Å². The van der Waals surface area contributed by atoms with E-state index in [-0.39, 0.29) is 12.1 Å². The second kappa shape index (κ2) is 4.01. The first kappa shape index (κ1) is 10.6. The van der Waals surface area contributed by atoms with Gasteiger partial charge in [0.1, 0.15) is 6.04 Å². The van der Waals surface area contributed by atoms with E-state index < -0.39 is 0 Å². The highest BCUT2D eigenvalue weighted by molar-refractivity contribution is 5.75. The average molecular weight is 236 g/mol. The zero-order valence-electron chi connectivity index (χ0n) is 9.85. The molecule has 0 unspecified atom stereocenters. The van der Waals surface area contributed by atoms with Crippen LogP contribution in [-0.2, 0) is 0 Å². The number of hydrogen-bond donors (Lipinski definition) is 1. The average Bonchev–Trinajstić information content (AvgIpc) is 2.81. The molecule has 6 heteroatoms. The Hall–Kier alpha value is -1.59. The third-order valence-electron chi connectivity index (χ3n) is 3.25. The molecule has 1 aromatic rings. The number of aryl methyl sites for hydroxylation is 1. The Bertz CT molecular complexity index is 427. The molecule has 6 nitrogen and oxygen atoms in total. The summed E-state index contributed by atoms with van der Waals surface area (Å²) in [5, 5.41) is 10.8. The highest BCUT2D eigenvalue weighted by atomic mass is 16.4. The Balaban J connectivity index is 1.72. The minimum Gasteiger partial charge on any atom is -0.423 e. The number of nitrogens with zero attached hydrogens (tertiary/aromatic N) is 3. The molecule has 1 atom stereocenters. The van der Waals surface area contributed by atoms with Gasteiger partial charge in [-0.05, 0) is 25.7 Å². The van der Waals surface area contributed by atoms with Crippen LogP contribution < -0.4 is 5.32 Å². The van der Waals surface area contributed by atoms with Gasteiger partial charge in [0.25, 0.3) is 0 Å². The molecule has 2 heterocycles. The summed E-state index contributed by atoms with van der Waals surface area (Å²) in [4.78, 5) is 13.8. The summed E-state index contributed by atoms with van der Waals surface area (Å²) >= 11 is 0. The second-order valence-electron chi connectivity index (χ2n) is 4.73. The molecular formula is C11H16N4O2. The third-order valence-corrected chi connectivity index (χ3v) is 3.25. The van der Waals surface area contributed by atoms with Crippen molar-refractivity contribution in [3.8, 4) is 0 Å². The number of nitrogens with one attached hydrogen (secondary N) is 1. The van der Waals surface area contributed by atoms with Crippen LogP contribution in [0, 0.1) is 6.92 Å². The SMILES string of the molecule is Cc1nnc([C@H]2CCCN2C(=O)NC2CC2)o1. The number of urea groups is 1. The van der Waals surface area contributed by atoms with Crippen molar-refractivity contribution in [3.05, 3.63) is 11.8 Å². The van der Waals surface area contributed by atoms with Gasteiger partial charge in [0, 0.05) is 19.5 Å². The van der Waals surface area contributed by atoms with Crippen molar-refractivity contribution < 1.29 is 9.21 Å². The van der Waals surface area contributed by atoms with Crippen molar-refractivity contribution in [1.82, 2.24) is 20.4 Å². The van der Waals surface area contributed by atoms with Crippen LogP contribution in [0.15, 0.2) is 4.42 Å². The van der Waals surface area contributed by atoms with Gasteiger partial charge in [-0.15, -0.1) is 10.2 Å². The quantitative estimate of drug-likeness (QED) is 0.842. The normalized spacial score (nSPS) is 24.1. The lowest BCUT2D eigenvalue weighted by atomic mass is 10.2. The van der Waals surface area contributed by atoms with E-state index in [4.69, 9.17) is 4.42 Å². The number of likely N-dealkylation sites (tertiary alicyclic amines) is 1. The van der Waals surface area contributed by atoms with E-state index in [0.29, 0.717) is 17.8 Å². The summed E-state index contributed by atoms with van der Waals surface area (Å²) in [7, 11) is 0. The fourth-order valence-corrected chi connectivity index (χ4v) is 2.20. The summed E-state index contributed by atoms with van der Waals surface area (Å²) in [5.41, 5.74) is 0. The fraction of sp³-hybridized carbons (Fsp3) is 0.727. The zero-order chi connectivity index (χ0) is 11.8. The fourth-order valence-electron chi connectivity index (χ4n) is 2.20. The van der Waals surface area contributed by atoms with Gasteiger partial charge in [-0.2, -0.15) is 0 Å². The predicted molar refractivity (Wildman–Crippen MR) is 59.3 cm³/mol. The molecule has 1 saturated heterocycles. The maximum Gasteiger partial charge on any atom is 0.318 e. The summed E-state index contributed by atoms with van der Waals surface area (Å²) in [6.07, 6.45) is 4.09. The maximum absolute atomic E-state index is 12.0. The van der Waals surface area contributed by atoms with Crippen LogP contribution >= 0.6 is 0 Å². The number of hydrogen-bond acceptors (Lipinski definition) is 4. The number of rotatable bonds is 2. The largest absolute Gasteiger partial charge is 0.423 e. The molecule has 0 spiro atoms. The van der Waals surface area contributed by atoms with Gasteiger partial charge < -0.3 is 14.6 Å². The van der Waals surface area contributed by atoms with Crippen LogP contribution in [0.2, 0.25) is 0 Å². The van der Waals surface area contributed by atoms with E-state index in [2.05, 4.69) is 15.5 Å². The zero-order valence-corrected chi connectivity index (χ0v) is 9.85. The van der Waals surface area contributed by atoms with Crippen LogP contribution in [0.25, 0.3) is 0 Å². The molecule has 1 aromatic heterocycles. The Labute approximate surface area is 99.4 Å². The van der Waals surface area contributed by atoms with Crippen molar-refractivity contribution in [2.45, 2.75) is 44.7 Å². The Morgan fingerprint density at radius 3 is 2.88 bits per heavy atom. The minimum absolute atomic E-state index is 0.00542. The molecule has 17 heavy (non-hydrogen) atoms. The van der Waals surface area contributed by atoms with Gasteiger partial charge in [0.2, 0.25) is 11.8 Å². The van der Waals surface area contributed by atoms with Gasteiger partial charge in [-0.1, -0.05) is 0 Å². The highest BCUT2D eigenvalue weighted by Crippen LogP contribution is 2.31. The van der Waals surface area contributed by atoms with Crippen molar-refractivity contribution >= 4 is 6.03 Å². The summed E-state index contributed by atoms with van der Waals surface area (Å²) < 4.78 is 5.42. The van der Waals surface area contributed by atoms with Crippen LogP contribution in [0.4, 0.5) is 4.79 Å². The van der Waals surface area contributed by atoms with Crippen molar-refractivity contribution in [2.24, 2.45) is 0 Å². The summed E-state index contributed by atoms with van der Waals surface area (Å²) in [5.74, 6) is 1.11. The van der Waals surface area contributed by atoms with Crippen LogP contribution in [0.3, 0.4) is 0 Å². The lowest BCUT2D eigenvalue weighted by Crippen LogP contribution is -2.40. The molecule has 2 fully saturated rings. The molecule has 0 bridgehead atoms. The lowest BCUT2D eigenvalue weighted by Gasteiger charge is -2.22. The maximum atomic E-state index is 12.0. The molecule has 2 aliphatic rings. The van der Waals surface area contributed by atoms with Crippen LogP contribution in [0.5, 0.6) is 0 Å². The van der Waals surface area contributed by atoms with E-state index in [9.17, 15) is 4.79 Å². The van der Waals surface area contributed by atoms with Gasteiger partial charge in [-0.3, -0.25) is 0 Å². The molecule has 1 saturated carbocycles. The van der Waals surface area contributed by atoms with Gasteiger partial charge in [-0.25, -0.2) is 4.79 Å². The number of carbonyl (C=O) groups excluding carboxylic acids is 1. The third kappa shape index (κ3) is 2.11. The Kier molecular flexibility index (Phi) is 2.49. The van der Waals surface area contributed by atoms with E-state index >= 15 is 0 Å². The van der Waals surface area contributed by atoms with Gasteiger partial charge in [0.05, 0.1) is 0 Å². The molecule has 0 aromatic carbocycles. The summed E-state index contributed by atoms with van der Waals surface area (Å²) in [6, 6.07) is 0.342. The number of carbonyl (C=O) groups is 1. The number of amides is 2. The molecule has 1 aliphatic heterocycles. The summed E-state index contributed by atoms with van der Waals surface area (Å²) in [6.45, 7) is 2.53. The molecule has 1 N–H and O–H groups in total. The second-order valence-corrected chi connectivity index (χ2v) is 4.73. The first-order valence-corrected chi connectivity index (χ1v) is 6.11. The van der Waals surface area contributed by atoms with E-state index in [0.717, 1.165) is 32.2 Å². The smallest absolute Gasteiger partial charge is 0.318 e. The van der Waals surface area contributed by atoms with Crippen LogP contribution in [-0.4, -0.2) is 33.7 Å². The number of aromatic nitrogens is 2. The molecule has 1 aliphatic carbocycles. The minimum atomic E-state index is -0.0463. The van der Waals surface area contributed by atoms with E-state index in [1.54, 1.807) is 6.92 Å². The van der Waals surface area contributed by atoms with E-state index in [1.165, 1.54) is 0 Å². The van der Waals surface area contributed by atoms with Crippen molar-refractivity contribution in [3.63, 3.8) is 0 Å². The van der Waals surface area contributed by atoms with E-state index in [1.807, 2.05) is 4.90 Å².